The summed E-state index contributed by atoms with van der Waals surface area (Å²) in [5, 5.41) is 48.6. The Morgan fingerprint density at radius 1 is 1.14 bits per heavy atom. The molecule has 0 bridgehead atoms. The van der Waals surface area contributed by atoms with Gasteiger partial charge in [-0.1, -0.05) is 0 Å². The Kier molecular flexibility index (Phi) is 4.70. The SMILES string of the molecule is O=[N+]([O-])c1ccc(O[C@H]2OC(CO)[C@@H](O)C(O)[C@H]2O)cc1. The second kappa shape index (κ2) is 6.33. The van der Waals surface area contributed by atoms with Gasteiger partial charge in [-0.3, -0.25) is 10.1 Å². The Balaban J connectivity index is 2.08. The van der Waals surface area contributed by atoms with Crippen molar-refractivity contribution in [3.05, 3.63) is 34.4 Å². The van der Waals surface area contributed by atoms with Crippen LogP contribution < -0.4 is 4.74 Å². The van der Waals surface area contributed by atoms with E-state index in [2.05, 4.69) is 0 Å². The molecule has 116 valence electrons. The summed E-state index contributed by atoms with van der Waals surface area (Å²) < 4.78 is 10.4. The molecule has 9 nitrogen and oxygen atoms in total. The summed E-state index contributed by atoms with van der Waals surface area (Å²) in [4.78, 5) is 9.95. The van der Waals surface area contributed by atoms with Crippen LogP contribution in [-0.2, 0) is 4.74 Å². The van der Waals surface area contributed by atoms with Crippen LogP contribution in [0.3, 0.4) is 0 Å². The summed E-state index contributed by atoms with van der Waals surface area (Å²) in [6, 6.07) is 5.03. The number of ether oxygens (including phenoxy) is 2. The van der Waals surface area contributed by atoms with Crippen LogP contribution in [0.15, 0.2) is 24.3 Å². The predicted molar refractivity (Wildman–Crippen MR) is 67.5 cm³/mol. The summed E-state index contributed by atoms with van der Waals surface area (Å²) in [6.45, 7) is -0.564. The molecule has 1 heterocycles. The van der Waals surface area contributed by atoms with Crippen LogP contribution in [-0.4, -0.2) is 62.7 Å². The molecule has 0 amide bonds. The second-order valence-corrected chi connectivity index (χ2v) is 4.57. The molecule has 2 unspecified atom stereocenters. The zero-order valence-corrected chi connectivity index (χ0v) is 10.8. The zero-order chi connectivity index (χ0) is 15.6. The molecular weight excluding hydrogens is 286 g/mol. The Labute approximate surface area is 119 Å². The minimum Gasteiger partial charge on any atom is -0.462 e. The van der Waals surface area contributed by atoms with Crippen LogP contribution in [0.25, 0.3) is 0 Å². The summed E-state index contributed by atoms with van der Waals surface area (Å²) >= 11 is 0. The minimum atomic E-state index is -1.54. The molecular formula is C12H15NO8. The van der Waals surface area contributed by atoms with Gasteiger partial charge < -0.3 is 29.9 Å². The van der Waals surface area contributed by atoms with Crippen molar-refractivity contribution in [1.29, 1.82) is 0 Å². The van der Waals surface area contributed by atoms with E-state index in [1.807, 2.05) is 0 Å². The number of rotatable bonds is 4. The van der Waals surface area contributed by atoms with Gasteiger partial charge >= 0.3 is 0 Å². The van der Waals surface area contributed by atoms with E-state index in [0.29, 0.717) is 0 Å². The number of aliphatic hydroxyl groups is 4. The van der Waals surface area contributed by atoms with Gasteiger partial charge in [-0.25, -0.2) is 0 Å². The van der Waals surface area contributed by atoms with Gasteiger partial charge in [-0.05, 0) is 12.1 Å². The summed E-state index contributed by atoms with van der Waals surface area (Å²) in [5.74, 6) is 0.171. The van der Waals surface area contributed by atoms with Crippen molar-refractivity contribution in [3.8, 4) is 5.75 Å². The number of hydrogen-bond donors (Lipinski definition) is 4. The van der Waals surface area contributed by atoms with Gasteiger partial charge in [0.25, 0.3) is 5.69 Å². The van der Waals surface area contributed by atoms with E-state index >= 15 is 0 Å². The molecule has 1 aromatic carbocycles. The fourth-order valence-electron chi connectivity index (χ4n) is 1.95. The van der Waals surface area contributed by atoms with Crippen LogP contribution in [0.5, 0.6) is 5.75 Å². The van der Waals surface area contributed by atoms with E-state index in [1.165, 1.54) is 24.3 Å². The van der Waals surface area contributed by atoms with E-state index < -0.39 is 42.2 Å². The maximum absolute atomic E-state index is 10.5. The average molecular weight is 301 g/mol. The van der Waals surface area contributed by atoms with E-state index in [-0.39, 0.29) is 11.4 Å². The highest BCUT2D eigenvalue weighted by atomic mass is 16.7. The van der Waals surface area contributed by atoms with Gasteiger partial charge in [-0.2, -0.15) is 0 Å². The zero-order valence-electron chi connectivity index (χ0n) is 10.8. The molecule has 1 fully saturated rings. The average Bonchev–Trinajstić information content (AvgIpc) is 2.48. The maximum atomic E-state index is 10.5. The first kappa shape index (κ1) is 15.6. The Morgan fingerprint density at radius 3 is 2.29 bits per heavy atom. The van der Waals surface area contributed by atoms with Crippen molar-refractivity contribution in [2.45, 2.75) is 30.7 Å². The third kappa shape index (κ3) is 3.28. The number of nitro groups is 1. The lowest BCUT2D eigenvalue weighted by Crippen LogP contribution is -2.60. The molecule has 1 saturated heterocycles. The second-order valence-electron chi connectivity index (χ2n) is 4.57. The van der Waals surface area contributed by atoms with Crippen molar-refractivity contribution in [3.63, 3.8) is 0 Å². The fourth-order valence-corrected chi connectivity index (χ4v) is 1.95. The molecule has 1 aliphatic rings. The number of non-ortho nitro benzene ring substituents is 1. The van der Waals surface area contributed by atoms with Crippen molar-refractivity contribution in [1.82, 2.24) is 0 Å². The van der Waals surface area contributed by atoms with Gasteiger partial charge in [0.2, 0.25) is 6.29 Å². The molecule has 1 aromatic rings. The van der Waals surface area contributed by atoms with E-state index in [4.69, 9.17) is 14.6 Å². The third-order valence-electron chi connectivity index (χ3n) is 3.15. The maximum Gasteiger partial charge on any atom is 0.269 e. The van der Waals surface area contributed by atoms with Crippen molar-refractivity contribution in [2.75, 3.05) is 6.61 Å². The van der Waals surface area contributed by atoms with Gasteiger partial charge in [-0.15, -0.1) is 0 Å². The fraction of sp³-hybridized carbons (Fsp3) is 0.500. The van der Waals surface area contributed by atoms with Crippen molar-refractivity contribution < 1.29 is 34.8 Å². The monoisotopic (exact) mass is 301 g/mol. The molecule has 0 saturated carbocycles. The van der Waals surface area contributed by atoms with Gasteiger partial charge in [0, 0.05) is 12.1 Å². The highest BCUT2D eigenvalue weighted by molar-refractivity contribution is 5.36. The van der Waals surface area contributed by atoms with E-state index in [1.54, 1.807) is 0 Å². The van der Waals surface area contributed by atoms with E-state index in [0.717, 1.165) is 0 Å². The Morgan fingerprint density at radius 2 is 1.76 bits per heavy atom. The van der Waals surface area contributed by atoms with E-state index in [9.17, 15) is 25.4 Å². The van der Waals surface area contributed by atoms with Crippen LogP contribution in [0.4, 0.5) is 5.69 Å². The number of nitro benzene ring substituents is 1. The minimum absolute atomic E-state index is 0.129. The van der Waals surface area contributed by atoms with Crippen molar-refractivity contribution in [2.24, 2.45) is 0 Å². The lowest BCUT2D eigenvalue weighted by molar-refractivity contribution is -0.384. The lowest BCUT2D eigenvalue weighted by Gasteiger charge is -2.39. The smallest absolute Gasteiger partial charge is 0.269 e. The summed E-state index contributed by atoms with van der Waals surface area (Å²) in [6.07, 6.45) is -6.94. The van der Waals surface area contributed by atoms with Crippen LogP contribution in [0.2, 0.25) is 0 Å². The summed E-state index contributed by atoms with van der Waals surface area (Å²) in [7, 11) is 0. The molecule has 4 N–H and O–H groups in total. The topological polar surface area (TPSA) is 143 Å². The number of benzene rings is 1. The highest BCUT2D eigenvalue weighted by Gasteiger charge is 2.44. The molecule has 9 heteroatoms. The van der Waals surface area contributed by atoms with Gasteiger partial charge in [0.1, 0.15) is 30.2 Å². The Hall–Kier alpha value is -1.78. The van der Waals surface area contributed by atoms with Gasteiger partial charge in [0.15, 0.2) is 0 Å². The largest absolute Gasteiger partial charge is 0.462 e. The highest BCUT2D eigenvalue weighted by Crippen LogP contribution is 2.25. The predicted octanol–water partition coefficient (Wildman–Crippen LogP) is -1.23. The third-order valence-corrected chi connectivity index (χ3v) is 3.15. The number of hydrogen-bond acceptors (Lipinski definition) is 8. The van der Waals surface area contributed by atoms with Crippen LogP contribution in [0.1, 0.15) is 0 Å². The first-order valence-corrected chi connectivity index (χ1v) is 6.15. The normalized spacial score (nSPS) is 32.7. The lowest BCUT2D eigenvalue weighted by atomic mass is 9.99. The molecule has 0 spiro atoms. The molecule has 0 aliphatic carbocycles. The molecule has 0 radical (unpaired) electrons. The molecule has 2 rings (SSSR count). The first-order valence-electron chi connectivity index (χ1n) is 6.15. The quantitative estimate of drug-likeness (QED) is 0.400. The number of aliphatic hydroxyl groups excluding tert-OH is 4. The molecule has 1 aliphatic heterocycles. The molecule has 21 heavy (non-hydrogen) atoms. The van der Waals surface area contributed by atoms with Crippen LogP contribution in [0, 0.1) is 10.1 Å². The van der Waals surface area contributed by atoms with Crippen LogP contribution >= 0.6 is 0 Å². The Bertz CT molecular complexity index is 491. The standard InChI is InChI=1S/C12H15NO8/c14-5-8-9(15)10(16)11(17)12(21-8)20-7-3-1-6(2-4-7)13(18)19/h1-4,8-12,14-17H,5H2/t8?,9-,10?,11-,12+/m1/s1. The summed E-state index contributed by atoms with van der Waals surface area (Å²) in [5.41, 5.74) is -0.129. The van der Waals surface area contributed by atoms with Gasteiger partial charge in [0.05, 0.1) is 11.5 Å². The molecule has 0 aromatic heterocycles. The first-order chi connectivity index (χ1) is 9.93. The van der Waals surface area contributed by atoms with Crippen molar-refractivity contribution >= 4 is 5.69 Å². The molecule has 5 atom stereocenters. The number of nitrogens with zero attached hydrogens (tertiary/aromatic N) is 1.